The molecule has 2 aromatic rings. The van der Waals surface area contributed by atoms with Crippen molar-refractivity contribution in [1.29, 1.82) is 0 Å². The highest BCUT2D eigenvalue weighted by Gasteiger charge is 2.18. The number of benzene rings is 1. The summed E-state index contributed by atoms with van der Waals surface area (Å²) < 4.78 is 12.1. The molecule has 0 aliphatic rings. The first kappa shape index (κ1) is 14.8. The monoisotopic (exact) mass is 291 g/mol. The predicted molar refractivity (Wildman–Crippen MR) is 69.7 cm³/mol. The van der Waals surface area contributed by atoms with Crippen LogP contribution in [0.1, 0.15) is 24.9 Å². The molecule has 0 radical (unpaired) electrons. The van der Waals surface area contributed by atoms with Gasteiger partial charge < -0.3 is 19.4 Å². The molecule has 0 bridgehead atoms. The highest BCUT2D eigenvalue weighted by Crippen LogP contribution is 2.32. The molecule has 0 fully saturated rings. The molecule has 0 aliphatic carbocycles. The zero-order valence-electron chi connectivity index (χ0n) is 11.7. The second-order valence-corrected chi connectivity index (χ2v) is 4.23. The van der Waals surface area contributed by atoms with Crippen LogP contribution in [0.15, 0.2) is 24.5 Å². The number of methoxy groups -OCH3 is 1. The third-order valence-corrected chi connectivity index (χ3v) is 2.92. The Morgan fingerprint density at radius 1 is 1.43 bits per heavy atom. The molecule has 1 aromatic heterocycles. The van der Waals surface area contributed by atoms with Crippen LogP contribution in [0.2, 0.25) is 0 Å². The number of ether oxygens (including phenoxy) is 2. The maximum atomic E-state index is 11.0. The first-order valence-corrected chi connectivity index (χ1v) is 6.38. The minimum absolute atomic E-state index is 0.248. The van der Waals surface area contributed by atoms with E-state index in [1.54, 1.807) is 18.2 Å². The van der Waals surface area contributed by atoms with E-state index in [1.807, 2.05) is 6.92 Å². The Morgan fingerprint density at radius 3 is 2.81 bits per heavy atom. The van der Waals surface area contributed by atoms with Gasteiger partial charge in [0.25, 0.3) is 0 Å². The molecule has 8 nitrogen and oxygen atoms in total. The van der Waals surface area contributed by atoms with E-state index >= 15 is 0 Å². The summed E-state index contributed by atoms with van der Waals surface area (Å²) in [5.41, 5.74) is 0.687. The molecule has 0 spiro atoms. The van der Waals surface area contributed by atoms with Crippen LogP contribution in [-0.2, 0) is 4.79 Å². The number of aromatic nitrogens is 4. The molecule has 8 heteroatoms. The van der Waals surface area contributed by atoms with Crippen LogP contribution in [0.3, 0.4) is 0 Å². The Kier molecular flexibility index (Phi) is 4.70. The highest BCUT2D eigenvalue weighted by atomic mass is 16.5. The Morgan fingerprint density at radius 2 is 2.24 bits per heavy atom. The average molecular weight is 291 g/mol. The third kappa shape index (κ3) is 3.47. The number of hydrogen-bond acceptors (Lipinski definition) is 7. The molecule has 0 amide bonds. The Balaban J connectivity index is 2.38. The van der Waals surface area contributed by atoms with Gasteiger partial charge in [0.15, 0.2) is 11.5 Å². The normalized spacial score (nSPS) is 11.9. The van der Waals surface area contributed by atoms with Gasteiger partial charge in [-0.3, -0.25) is 0 Å². The fraction of sp³-hybridized carbons (Fsp3) is 0.385. The van der Waals surface area contributed by atoms with Crippen molar-refractivity contribution in [3.8, 4) is 11.5 Å². The van der Waals surface area contributed by atoms with Crippen molar-refractivity contribution in [1.82, 2.24) is 20.2 Å². The van der Waals surface area contributed by atoms with Crippen LogP contribution in [0.25, 0.3) is 0 Å². The van der Waals surface area contributed by atoms with E-state index in [0.717, 1.165) is 0 Å². The Hall–Kier alpha value is -2.64. The Labute approximate surface area is 121 Å². The standard InChI is InChI=1S/C13H16N4O4/c1-3-21-11-5-4-9(6-12(11)20-2)10(7-13(18)19)17-8-14-15-16-17/h4-6,8,10H,3,7H2,1-2H3,(H,18,19)/p-1/t10-/m1/s1. The second kappa shape index (κ2) is 6.69. The van der Waals surface area contributed by atoms with Gasteiger partial charge in [0.2, 0.25) is 0 Å². The summed E-state index contributed by atoms with van der Waals surface area (Å²) in [5.74, 6) is -0.0817. The van der Waals surface area contributed by atoms with Gasteiger partial charge in [-0.1, -0.05) is 6.07 Å². The smallest absolute Gasteiger partial charge is 0.161 e. The summed E-state index contributed by atoms with van der Waals surface area (Å²) in [6, 6.07) is 4.61. The van der Waals surface area contributed by atoms with Crippen molar-refractivity contribution in [3.63, 3.8) is 0 Å². The number of tetrazole rings is 1. The fourth-order valence-electron chi connectivity index (χ4n) is 2.00. The van der Waals surface area contributed by atoms with E-state index in [1.165, 1.54) is 18.1 Å². The Bertz CT molecular complexity index is 600. The van der Waals surface area contributed by atoms with Crippen LogP contribution in [0.5, 0.6) is 11.5 Å². The van der Waals surface area contributed by atoms with E-state index in [0.29, 0.717) is 23.7 Å². The minimum Gasteiger partial charge on any atom is -0.550 e. The number of rotatable bonds is 7. The van der Waals surface area contributed by atoms with E-state index in [-0.39, 0.29) is 6.42 Å². The van der Waals surface area contributed by atoms with Gasteiger partial charge in [0.1, 0.15) is 6.33 Å². The van der Waals surface area contributed by atoms with Gasteiger partial charge in [-0.15, -0.1) is 5.10 Å². The van der Waals surface area contributed by atoms with Crippen molar-refractivity contribution < 1.29 is 19.4 Å². The lowest BCUT2D eigenvalue weighted by Gasteiger charge is -2.19. The van der Waals surface area contributed by atoms with Gasteiger partial charge in [0.05, 0.1) is 19.8 Å². The number of carboxylic acid groups (broad SMARTS) is 1. The number of aliphatic carboxylic acids is 1. The molecular weight excluding hydrogens is 276 g/mol. The number of carboxylic acids is 1. The molecule has 0 saturated carbocycles. The minimum atomic E-state index is -1.19. The first-order valence-electron chi connectivity index (χ1n) is 6.38. The molecule has 2 rings (SSSR count). The van der Waals surface area contributed by atoms with Crippen molar-refractivity contribution in [2.45, 2.75) is 19.4 Å². The fourth-order valence-corrected chi connectivity index (χ4v) is 2.00. The lowest BCUT2D eigenvalue weighted by Crippen LogP contribution is -2.27. The van der Waals surface area contributed by atoms with Crippen LogP contribution in [-0.4, -0.2) is 39.9 Å². The zero-order valence-corrected chi connectivity index (χ0v) is 11.7. The number of carbonyl (C=O) groups excluding carboxylic acids is 1. The molecule has 112 valence electrons. The summed E-state index contributed by atoms with van der Waals surface area (Å²) in [5, 5.41) is 21.8. The van der Waals surface area contributed by atoms with Crippen LogP contribution in [0.4, 0.5) is 0 Å². The van der Waals surface area contributed by atoms with Crippen molar-refractivity contribution in [2.24, 2.45) is 0 Å². The second-order valence-electron chi connectivity index (χ2n) is 4.23. The topological polar surface area (TPSA) is 102 Å². The van der Waals surface area contributed by atoms with Crippen LogP contribution in [0, 0.1) is 0 Å². The average Bonchev–Trinajstić information content (AvgIpc) is 2.99. The molecule has 0 aliphatic heterocycles. The first-order chi connectivity index (χ1) is 10.2. The maximum Gasteiger partial charge on any atom is 0.161 e. The molecule has 1 atom stereocenters. The molecule has 0 saturated heterocycles. The lowest BCUT2D eigenvalue weighted by atomic mass is 10.0. The van der Waals surface area contributed by atoms with Crippen molar-refractivity contribution in [3.05, 3.63) is 30.1 Å². The van der Waals surface area contributed by atoms with E-state index in [2.05, 4.69) is 15.5 Å². The van der Waals surface area contributed by atoms with E-state index in [4.69, 9.17) is 9.47 Å². The van der Waals surface area contributed by atoms with Crippen molar-refractivity contribution in [2.75, 3.05) is 13.7 Å². The van der Waals surface area contributed by atoms with Gasteiger partial charge in [-0.25, -0.2) is 4.68 Å². The molecule has 21 heavy (non-hydrogen) atoms. The SMILES string of the molecule is CCOc1ccc([C@@H](CC(=O)[O-])n2cnnn2)cc1OC. The van der Waals surface area contributed by atoms with Gasteiger partial charge in [-0.2, -0.15) is 0 Å². The predicted octanol–water partition coefficient (Wildman–Crippen LogP) is -0.190. The molecule has 0 N–H and O–H groups in total. The van der Waals surface area contributed by atoms with E-state index < -0.39 is 12.0 Å². The van der Waals surface area contributed by atoms with E-state index in [9.17, 15) is 9.90 Å². The third-order valence-electron chi connectivity index (χ3n) is 2.92. The largest absolute Gasteiger partial charge is 0.550 e. The van der Waals surface area contributed by atoms with Crippen LogP contribution < -0.4 is 14.6 Å². The lowest BCUT2D eigenvalue weighted by molar-refractivity contribution is -0.306. The summed E-state index contributed by atoms with van der Waals surface area (Å²) in [6.45, 7) is 2.37. The summed E-state index contributed by atoms with van der Waals surface area (Å²) in [7, 11) is 1.52. The van der Waals surface area contributed by atoms with Crippen molar-refractivity contribution >= 4 is 5.97 Å². The molecule has 1 heterocycles. The van der Waals surface area contributed by atoms with Gasteiger partial charge in [0, 0.05) is 12.4 Å². The molecule has 1 aromatic carbocycles. The zero-order chi connectivity index (χ0) is 15.2. The van der Waals surface area contributed by atoms with Gasteiger partial charge in [-0.05, 0) is 35.0 Å². The van der Waals surface area contributed by atoms with Gasteiger partial charge >= 0.3 is 0 Å². The summed E-state index contributed by atoms with van der Waals surface area (Å²) >= 11 is 0. The summed E-state index contributed by atoms with van der Waals surface area (Å²) in [6.07, 6.45) is 1.11. The highest BCUT2D eigenvalue weighted by molar-refractivity contribution is 5.65. The molecular formula is C13H15N4O4-. The number of nitrogens with zero attached hydrogens (tertiary/aromatic N) is 4. The molecule has 0 unspecified atom stereocenters. The quantitative estimate of drug-likeness (QED) is 0.696. The van der Waals surface area contributed by atoms with Crippen LogP contribution >= 0.6 is 0 Å². The number of hydrogen-bond donors (Lipinski definition) is 0. The maximum absolute atomic E-state index is 11.0. The summed E-state index contributed by atoms with van der Waals surface area (Å²) in [4.78, 5) is 11.0. The number of carbonyl (C=O) groups is 1.